The lowest BCUT2D eigenvalue weighted by atomic mass is 10.0. The summed E-state index contributed by atoms with van der Waals surface area (Å²) in [6, 6.07) is 0. The van der Waals surface area contributed by atoms with Gasteiger partial charge in [0, 0.05) is 12.1 Å². The zero-order chi connectivity index (χ0) is 10.1. The Morgan fingerprint density at radius 2 is 1.69 bits per heavy atom. The van der Waals surface area contributed by atoms with Gasteiger partial charge in [0.05, 0.1) is 0 Å². The van der Waals surface area contributed by atoms with Crippen LogP contribution in [0.15, 0.2) is 0 Å². The lowest BCUT2D eigenvalue weighted by Crippen LogP contribution is -2.45. The van der Waals surface area contributed by atoms with E-state index in [4.69, 9.17) is 0 Å². The molecule has 0 aromatic rings. The summed E-state index contributed by atoms with van der Waals surface area (Å²) < 4.78 is 0. The van der Waals surface area contributed by atoms with Crippen molar-refractivity contribution in [1.82, 2.24) is 4.90 Å². The Morgan fingerprint density at radius 3 is 2.15 bits per heavy atom. The van der Waals surface area contributed by atoms with Gasteiger partial charge >= 0.3 is 0 Å². The minimum Gasteiger partial charge on any atom is -0.298 e. The van der Waals surface area contributed by atoms with E-state index in [-0.39, 0.29) is 0 Å². The predicted molar refractivity (Wildman–Crippen MR) is 58.9 cm³/mol. The van der Waals surface area contributed by atoms with Gasteiger partial charge in [-0.15, -0.1) is 0 Å². The molecule has 13 heavy (non-hydrogen) atoms. The van der Waals surface area contributed by atoms with E-state index >= 15 is 0 Å². The molecule has 0 spiro atoms. The SMILES string of the molecule is CC.CC(C)(C)N1CCC2CC2C1. The first kappa shape index (κ1) is 11.0. The Bertz CT molecular complexity index is 157. The summed E-state index contributed by atoms with van der Waals surface area (Å²) in [5.74, 6) is 2.19. The Kier molecular flexibility index (Phi) is 3.39. The molecule has 1 heteroatoms. The fourth-order valence-electron chi connectivity index (χ4n) is 2.19. The second-order valence-corrected chi connectivity index (χ2v) is 5.16. The molecule has 1 heterocycles. The van der Waals surface area contributed by atoms with Crippen molar-refractivity contribution in [2.24, 2.45) is 11.8 Å². The lowest BCUT2D eigenvalue weighted by molar-refractivity contribution is 0.105. The molecule has 2 fully saturated rings. The fourth-order valence-corrected chi connectivity index (χ4v) is 2.19. The van der Waals surface area contributed by atoms with Crippen LogP contribution in [0.2, 0.25) is 0 Å². The standard InChI is InChI=1S/C10H19N.C2H6/c1-10(2,3)11-5-4-8-6-9(8)7-11;1-2/h8-9H,4-7H2,1-3H3;1-2H3. The van der Waals surface area contributed by atoms with Crippen LogP contribution in [0.25, 0.3) is 0 Å². The van der Waals surface area contributed by atoms with Gasteiger partial charge in [-0.1, -0.05) is 13.8 Å². The van der Waals surface area contributed by atoms with Gasteiger partial charge in [-0.3, -0.25) is 4.90 Å². The average Bonchev–Trinajstić information content (AvgIpc) is 2.83. The zero-order valence-electron chi connectivity index (χ0n) is 9.93. The monoisotopic (exact) mass is 183 g/mol. The van der Waals surface area contributed by atoms with E-state index in [0.29, 0.717) is 5.54 Å². The first-order valence-electron chi connectivity index (χ1n) is 5.82. The molecule has 2 rings (SSSR count). The maximum Gasteiger partial charge on any atom is 0.0125 e. The largest absolute Gasteiger partial charge is 0.298 e. The van der Waals surface area contributed by atoms with Crippen LogP contribution in [0.5, 0.6) is 0 Å². The summed E-state index contributed by atoms with van der Waals surface area (Å²) in [7, 11) is 0. The van der Waals surface area contributed by atoms with Crippen molar-refractivity contribution in [3.8, 4) is 0 Å². The van der Waals surface area contributed by atoms with Crippen molar-refractivity contribution in [2.45, 2.75) is 53.0 Å². The third kappa shape index (κ3) is 2.70. The molecule has 0 amide bonds. The highest BCUT2D eigenvalue weighted by atomic mass is 15.2. The summed E-state index contributed by atoms with van der Waals surface area (Å²) in [6.45, 7) is 13.7. The number of rotatable bonds is 0. The number of hydrogen-bond donors (Lipinski definition) is 0. The van der Waals surface area contributed by atoms with E-state index < -0.39 is 0 Å². The van der Waals surface area contributed by atoms with Crippen LogP contribution in [0.3, 0.4) is 0 Å². The van der Waals surface area contributed by atoms with E-state index in [1.54, 1.807) is 0 Å². The molecular formula is C12H25N. The Labute approximate surface area is 83.5 Å². The van der Waals surface area contributed by atoms with E-state index in [1.165, 1.54) is 25.9 Å². The van der Waals surface area contributed by atoms with Crippen molar-refractivity contribution < 1.29 is 0 Å². The smallest absolute Gasteiger partial charge is 0.0125 e. The molecule has 1 saturated heterocycles. The fraction of sp³-hybridized carbons (Fsp3) is 1.00. The Balaban J connectivity index is 0.000000396. The van der Waals surface area contributed by atoms with Crippen molar-refractivity contribution in [1.29, 1.82) is 0 Å². The second kappa shape index (κ2) is 4.00. The van der Waals surface area contributed by atoms with Gasteiger partial charge in [-0.25, -0.2) is 0 Å². The first-order valence-corrected chi connectivity index (χ1v) is 5.82. The molecule has 0 radical (unpaired) electrons. The van der Waals surface area contributed by atoms with Crippen molar-refractivity contribution >= 4 is 0 Å². The maximum absolute atomic E-state index is 2.64. The van der Waals surface area contributed by atoms with Gasteiger partial charge in [0.15, 0.2) is 0 Å². The molecule has 2 unspecified atom stereocenters. The van der Waals surface area contributed by atoms with Crippen LogP contribution >= 0.6 is 0 Å². The summed E-state index contributed by atoms with van der Waals surface area (Å²) >= 11 is 0. The lowest BCUT2D eigenvalue weighted by Gasteiger charge is -2.38. The van der Waals surface area contributed by atoms with Crippen LogP contribution in [-0.4, -0.2) is 23.5 Å². The molecule has 0 bridgehead atoms. The van der Waals surface area contributed by atoms with Crippen LogP contribution in [0.4, 0.5) is 0 Å². The van der Waals surface area contributed by atoms with E-state index in [0.717, 1.165) is 11.8 Å². The van der Waals surface area contributed by atoms with Gasteiger partial charge in [0.1, 0.15) is 0 Å². The highest BCUT2D eigenvalue weighted by Gasteiger charge is 2.43. The zero-order valence-corrected chi connectivity index (χ0v) is 9.93. The quantitative estimate of drug-likeness (QED) is 0.557. The van der Waals surface area contributed by atoms with Gasteiger partial charge in [0.25, 0.3) is 0 Å². The van der Waals surface area contributed by atoms with Crippen molar-refractivity contribution in [2.75, 3.05) is 13.1 Å². The number of piperidine rings is 1. The van der Waals surface area contributed by atoms with Gasteiger partial charge in [-0.05, 0) is 52.0 Å². The van der Waals surface area contributed by atoms with E-state index in [9.17, 15) is 0 Å². The molecule has 78 valence electrons. The summed E-state index contributed by atoms with van der Waals surface area (Å²) in [5.41, 5.74) is 0.410. The summed E-state index contributed by atoms with van der Waals surface area (Å²) in [6.07, 6.45) is 2.98. The summed E-state index contributed by atoms with van der Waals surface area (Å²) in [4.78, 5) is 2.64. The van der Waals surface area contributed by atoms with Crippen LogP contribution in [-0.2, 0) is 0 Å². The molecule has 1 aliphatic carbocycles. The second-order valence-electron chi connectivity index (χ2n) is 5.16. The number of nitrogens with zero attached hydrogens (tertiary/aromatic N) is 1. The molecule has 0 aromatic carbocycles. The highest BCUT2D eigenvalue weighted by Crippen LogP contribution is 2.46. The van der Waals surface area contributed by atoms with Crippen LogP contribution in [0, 0.1) is 11.8 Å². The van der Waals surface area contributed by atoms with Crippen LogP contribution in [0.1, 0.15) is 47.5 Å². The third-order valence-electron chi connectivity index (χ3n) is 3.24. The highest BCUT2D eigenvalue weighted by molar-refractivity contribution is 4.95. The first-order chi connectivity index (χ1) is 6.07. The van der Waals surface area contributed by atoms with Gasteiger partial charge < -0.3 is 0 Å². The number of fused-ring (bicyclic) bond motifs is 1. The Morgan fingerprint density at radius 1 is 1.08 bits per heavy atom. The van der Waals surface area contributed by atoms with Crippen molar-refractivity contribution in [3.63, 3.8) is 0 Å². The van der Waals surface area contributed by atoms with Gasteiger partial charge in [-0.2, -0.15) is 0 Å². The third-order valence-corrected chi connectivity index (χ3v) is 3.24. The molecule has 1 nitrogen and oxygen atoms in total. The number of likely N-dealkylation sites (tertiary alicyclic amines) is 1. The summed E-state index contributed by atoms with van der Waals surface area (Å²) in [5, 5.41) is 0. The Hall–Kier alpha value is -0.0400. The predicted octanol–water partition coefficient (Wildman–Crippen LogP) is 3.15. The molecular weight excluding hydrogens is 158 g/mol. The molecule has 0 N–H and O–H groups in total. The molecule has 2 aliphatic rings. The van der Waals surface area contributed by atoms with Gasteiger partial charge in [0.2, 0.25) is 0 Å². The topological polar surface area (TPSA) is 3.24 Å². The molecule has 0 aromatic heterocycles. The molecule has 2 atom stereocenters. The average molecular weight is 183 g/mol. The number of hydrogen-bond acceptors (Lipinski definition) is 1. The van der Waals surface area contributed by atoms with E-state index in [1.807, 2.05) is 13.8 Å². The molecule has 1 saturated carbocycles. The normalized spacial score (nSPS) is 33.0. The maximum atomic E-state index is 2.64. The minimum atomic E-state index is 0.410. The minimum absolute atomic E-state index is 0.410. The van der Waals surface area contributed by atoms with E-state index in [2.05, 4.69) is 25.7 Å². The molecule has 1 aliphatic heterocycles. The van der Waals surface area contributed by atoms with Crippen molar-refractivity contribution in [3.05, 3.63) is 0 Å². The van der Waals surface area contributed by atoms with Crippen LogP contribution < -0.4 is 0 Å².